The summed E-state index contributed by atoms with van der Waals surface area (Å²) in [6.45, 7) is 5.56. The van der Waals surface area contributed by atoms with Crippen LogP contribution in [0.2, 0.25) is 0 Å². The minimum Gasteiger partial charge on any atom is -0.339 e. The number of amides is 1. The van der Waals surface area contributed by atoms with Crippen LogP contribution in [0.15, 0.2) is 12.1 Å². The van der Waals surface area contributed by atoms with Gasteiger partial charge in [0.15, 0.2) is 0 Å². The van der Waals surface area contributed by atoms with Crippen LogP contribution in [0.5, 0.6) is 0 Å². The molecule has 1 amide bonds. The monoisotopic (exact) mass is 309 g/mol. The zero-order valence-electron chi connectivity index (χ0n) is 7.71. The molecule has 4 heteroatoms. The van der Waals surface area contributed by atoms with E-state index in [1.807, 2.05) is 30.9 Å². The average molecular weight is 309 g/mol. The molecule has 72 valence electrons. The fraction of sp³-hybridized carbons (Fsp3) is 0.444. The van der Waals surface area contributed by atoms with Crippen molar-refractivity contribution in [3.05, 3.63) is 19.9 Å². The lowest BCUT2D eigenvalue weighted by atomic mass is 10.4. The summed E-state index contributed by atoms with van der Waals surface area (Å²) in [5.74, 6) is 0.151. The van der Waals surface area contributed by atoms with Gasteiger partial charge in [-0.1, -0.05) is 0 Å². The molecule has 1 heterocycles. The number of hydrogen-bond donors (Lipinski definition) is 0. The van der Waals surface area contributed by atoms with Gasteiger partial charge in [-0.3, -0.25) is 4.79 Å². The van der Waals surface area contributed by atoms with Crippen LogP contribution < -0.4 is 0 Å². The van der Waals surface area contributed by atoms with Crippen molar-refractivity contribution in [3.63, 3.8) is 0 Å². The molecule has 0 saturated heterocycles. The first-order valence-electron chi connectivity index (χ1n) is 4.23. The summed E-state index contributed by atoms with van der Waals surface area (Å²) in [4.78, 5) is 14.4. The van der Waals surface area contributed by atoms with E-state index in [0.717, 1.165) is 20.9 Å². The largest absolute Gasteiger partial charge is 0.339 e. The molecule has 13 heavy (non-hydrogen) atoms. The van der Waals surface area contributed by atoms with Crippen LogP contribution in [-0.2, 0) is 0 Å². The minimum absolute atomic E-state index is 0.151. The molecule has 0 N–H and O–H groups in total. The topological polar surface area (TPSA) is 20.3 Å². The molecule has 2 nitrogen and oxygen atoms in total. The standard InChI is InChI=1S/C9H12INOS/c1-3-11(4-2)9(12)7-5-6-8(10)13-7/h5-6H,3-4H2,1-2H3. The van der Waals surface area contributed by atoms with Crippen LogP contribution in [0.25, 0.3) is 0 Å². The average Bonchev–Trinajstić information content (AvgIpc) is 2.54. The van der Waals surface area contributed by atoms with Gasteiger partial charge < -0.3 is 4.90 Å². The molecule has 1 rings (SSSR count). The molecule has 1 aromatic heterocycles. The van der Waals surface area contributed by atoms with Crippen LogP contribution in [0.1, 0.15) is 23.5 Å². The Hall–Kier alpha value is -0.100. The number of rotatable bonds is 3. The predicted molar refractivity (Wildman–Crippen MR) is 64.3 cm³/mol. The summed E-state index contributed by atoms with van der Waals surface area (Å²) in [6, 6.07) is 3.87. The van der Waals surface area contributed by atoms with E-state index in [1.54, 1.807) is 11.3 Å². The number of carbonyl (C=O) groups excluding carboxylic acids is 1. The van der Waals surface area contributed by atoms with Gasteiger partial charge in [-0.25, -0.2) is 0 Å². The van der Waals surface area contributed by atoms with Crippen molar-refractivity contribution in [2.75, 3.05) is 13.1 Å². The lowest BCUT2D eigenvalue weighted by Gasteiger charge is -2.17. The third kappa shape index (κ3) is 2.67. The first-order valence-corrected chi connectivity index (χ1v) is 6.13. The molecule has 0 radical (unpaired) electrons. The fourth-order valence-electron chi connectivity index (χ4n) is 1.10. The molecule has 0 fully saturated rings. The van der Waals surface area contributed by atoms with Crippen molar-refractivity contribution in [1.82, 2.24) is 4.90 Å². The Morgan fingerprint density at radius 3 is 2.46 bits per heavy atom. The van der Waals surface area contributed by atoms with Crippen molar-refractivity contribution in [2.24, 2.45) is 0 Å². The zero-order valence-corrected chi connectivity index (χ0v) is 10.7. The Labute approximate surface area is 96.1 Å². The molecule has 1 aromatic rings. The Morgan fingerprint density at radius 1 is 1.46 bits per heavy atom. The van der Waals surface area contributed by atoms with E-state index in [-0.39, 0.29) is 5.91 Å². The van der Waals surface area contributed by atoms with Gasteiger partial charge in [0.05, 0.1) is 7.76 Å². The maximum absolute atomic E-state index is 11.8. The van der Waals surface area contributed by atoms with Crippen molar-refractivity contribution in [2.45, 2.75) is 13.8 Å². The summed E-state index contributed by atoms with van der Waals surface area (Å²) in [5.41, 5.74) is 0. The molecular formula is C9H12INOS. The number of carbonyl (C=O) groups is 1. The fourth-order valence-corrected chi connectivity index (χ4v) is 2.69. The van der Waals surface area contributed by atoms with Gasteiger partial charge in [-0.15, -0.1) is 11.3 Å². The second kappa shape index (κ2) is 4.95. The molecule has 0 aromatic carbocycles. The van der Waals surface area contributed by atoms with Gasteiger partial charge in [0.2, 0.25) is 0 Å². The third-order valence-corrected chi connectivity index (χ3v) is 3.72. The van der Waals surface area contributed by atoms with Crippen molar-refractivity contribution < 1.29 is 4.79 Å². The molecule has 0 aliphatic heterocycles. The highest BCUT2D eigenvalue weighted by Gasteiger charge is 2.13. The van der Waals surface area contributed by atoms with Crippen LogP contribution in [0.4, 0.5) is 0 Å². The Balaban J connectivity index is 2.78. The highest BCUT2D eigenvalue weighted by molar-refractivity contribution is 14.1. The maximum Gasteiger partial charge on any atom is 0.263 e. The first-order chi connectivity index (χ1) is 6.19. The first kappa shape index (κ1) is 11.0. The van der Waals surface area contributed by atoms with Gasteiger partial charge in [0.25, 0.3) is 5.91 Å². The lowest BCUT2D eigenvalue weighted by molar-refractivity contribution is 0.0778. The zero-order chi connectivity index (χ0) is 9.84. The molecule has 0 atom stereocenters. The predicted octanol–water partition coefficient (Wildman–Crippen LogP) is 2.83. The lowest BCUT2D eigenvalue weighted by Crippen LogP contribution is -2.29. The van der Waals surface area contributed by atoms with E-state index >= 15 is 0 Å². The van der Waals surface area contributed by atoms with Crippen LogP contribution >= 0.6 is 33.9 Å². The maximum atomic E-state index is 11.8. The van der Waals surface area contributed by atoms with E-state index in [9.17, 15) is 4.79 Å². The summed E-state index contributed by atoms with van der Waals surface area (Å²) in [7, 11) is 0. The number of nitrogens with zero attached hydrogens (tertiary/aromatic N) is 1. The van der Waals surface area contributed by atoms with Gasteiger partial charge in [-0.2, -0.15) is 0 Å². The van der Waals surface area contributed by atoms with E-state index in [0.29, 0.717) is 0 Å². The highest BCUT2D eigenvalue weighted by Crippen LogP contribution is 2.19. The summed E-state index contributed by atoms with van der Waals surface area (Å²) in [5, 5.41) is 0. The summed E-state index contributed by atoms with van der Waals surface area (Å²) in [6.07, 6.45) is 0. The summed E-state index contributed by atoms with van der Waals surface area (Å²) < 4.78 is 1.16. The molecule has 0 saturated carbocycles. The number of hydrogen-bond acceptors (Lipinski definition) is 2. The van der Waals surface area contributed by atoms with Crippen molar-refractivity contribution in [1.29, 1.82) is 0 Å². The molecule has 0 aliphatic rings. The smallest absolute Gasteiger partial charge is 0.263 e. The Kier molecular flexibility index (Phi) is 4.18. The molecule has 0 aliphatic carbocycles. The van der Waals surface area contributed by atoms with E-state index < -0.39 is 0 Å². The van der Waals surface area contributed by atoms with Crippen molar-refractivity contribution in [3.8, 4) is 0 Å². The second-order valence-corrected chi connectivity index (χ2v) is 5.56. The van der Waals surface area contributed by atoms with Crippen LogP contribution in [-0.4, -0.2) is 23.9 Å². The van der Waals surface area contributed by atoms with Crippen LogP contribution in [0.3, 0.4) is 0 Å². The normalized spacial score (nSPS) is 10.1. The Morgan fingerprint density at radius 2 is 2.08 bits per heavy atom. The van der Waals surface area contributed by atoms with Crippen LogP contribution in [0, 0.1) is 2.88 Å². The second-order valence-electron chi connectivity index (χ2n) is 2.58. The van der Waals surface area contributed by atoms with Gasteiger partial charge in [0, 0.05) is 13.1 Å². The third-order valence-electron chi connectivity index (χ3n) is 1.83. The SMILES string of the molecule is CCN(CC)C(=O)c1ccc(I)s1. The van der Waals surface area contributed by atoms with Gasteiger partial charge in [0.1, 0.15) is 0 Å². The van der Waals surface area contributed by atoms with E-state index in [1.165, 1.54) is 0 Å². The van der Waals surface area contributed by atoms with Gasteiger partial charge in [-0.05, 0) is 48.6 Å². The van der Waals surface area contributed by atoms with Gasteiger partial charge >= 0.3 is 0 Å². The molecule has 0 spiro atoms. The van der Waals surface area contributed by atoms with E-state index in [2.05, 4.69) is 22.6 Å². The van der Waals surface area contributed by atoms with Crippen molar-refractivity contribution >= 4 is 39.8 Å². The highest BCUT2D eigenvalue weighted by atomic mass is 127. The molecule has 0 unspecified atom stereocenters. The quantitative estimate of drug-likeness (QED) is 0.786. The minimum atomic E-state index is 0.151. The van der Waals surface area contributed by atoms with E-state index in [4.69, 9.17) is 0 Å². The molecule has 0 bridgehead atoms. The number of thiophene rings is 1. The Bertz CT molecular complexity index is 294. The summed E-state index contributed by atoms with van der Waals surface area (Å²) >= 11 is 3.78. The number of halogens is 1. The molecular weight excluding hydrogens is 297 g/mol.